The van der Waals surface area contributed by atoms with Crippen LogP contribution >= 0.6 is 23.4 Å². The van der Waals surface area contributed by atoms with Crippen LogP contribution in [-0.4, -0.2) is 16.1 Å². The second-order valence-electron chi connectivity index (χ2n) is 5.20. The third-order valence-electron chi connectivity index (χ3n) is 3.36. The van der Waals surface area contributed by atoms with E-state index in [9.17, 15) is 9.18 Å². The monoisotopic (exact) mass is 364 g/mol. The van der Waals surface area contributed by atoms with Gasteiger partial charge in [0.25, 0.3) is 5.22 Å². The molecule has 2 aromatic carbocycles. The number of thioether (sulfide) groups is 1. The number of carbonyl (C=O) groups excluding carboxylic acids is 1. The number of carbonyl (C=O) groups is 1. The highest BCUT2D eigenvalue weighted by atomic mass is 35.5. The van der Waals surface area contributed by atoms with E-state index in [1.807, 2.05) is 0 Å². The molecule has 1 amide bonds. The molecule has 0 unspecified atom stereocenters. The van der Waals surface area contributed by atoms with Crippen LogP contribution in [0.2, 0.25) is 5.02 Å². The van der Waals surface area contributed by atoms with E-state index in [-0.39, 0.29) is 17.0 Å². The van der Waals surface area contributed by atoms with Crippen LogP contribution in [0.25, 0.3) is 11.1 Å². The van der Waals surface area contributed by atoms with Gasteiger partial charge in [0.15, 0.2) is 5.58 Å². The van der Waals surface area contributed by atoms with Gasteiger partial charge in [0.05, 0.1) is 5.25 Å². The van der Waals surface area contributed by atoms with Crippen molar-refractivity contribution in [1.82, 2.24) is 10.3 Å². The van der Waals surface area contributed by atoms with Crippen molar-refractivity contribution in [2.75, 3.05) is 0 Å². The van der Waals surface area contributed by atoms with Crippen molar-refractivity contribution >= 4 is 40.4 Å². The lowest BCUT2D eigenvalue weighted by Crippen LogP contribution is -2.30. The minimum Gasteiger partial charge on any atom is -0.431 e. The van der Waals surface area contributed by atoms with Crippen molar-refractivity contribution in [1.29, 1.82) is 0 Å². The Balaban J connectivity index is 1.59. The molecule has 0 radical (unpaired) electrons. The first kappa shape index (κ1) is 16.8. The summed E-state index contributed by atoms with van der Waals surface area (Å²) in [6.45, 7) is 2.11. The standard InChI is InChI=1S/C17H14ClFN2O2S/c1-10(16(22)20-9-11-2-5-13(19)6-3-11)24-17-21-14-7-4-12(18)8-15(14)23-17/h2-8,10H,9H2,1H3,(H,20,22)/t10-/m1/s1. The second kappa shape index (κ2) is 7.23. The van der Waals surface area contributed by atoms with E-state index in [0.717, 1.165) is 5.56 Å². The van der Waals surface area contributed by atoms with Gasteiger partial charge in [-0.3, -0.25) is 4.79 Å². The molecule has 3 aromatic rings. The minimum absolute atomic E-state index is 0.149. The molecule has 24 heavy (non-hydrogen) atoms. The highest BCUT2D eigenvalue weighted by molar-refractivity contribution is 8.00. The molecule has 1 N–H and O–H groups in total. The van der Waals surface area contributed by atoms with Crippen molar-refractivity contribution in [2.45, 2.75) is 23.9 Å². The number of rotatable bonds is 5. The van der Waals surface area contributed by atoms with Crippen molar-refractivity contribution in [2.24, 2.45) is 0 Å². The first-order valence-corrected chi connectivity index (χ1v) is 8.52. The van der Waals surface area contributed by atoms with E-state index < -0.39 is 0 Å². The zero-order valence-electron chi connectivity index (χ0n) is 12.8. The lowest BCUT2D eigenvalue weighted by Gasteiger charge is -2.10. The Hall–Kier alpha value is -2.05. The number of nitrogens with zero attached hydrogens (tertiary/aromatic N) is 1. The molecule has 0 saturated heterocycles. The van der Waals surface area contributed by atoms with Gasteiger partial charge in [-0.1, -0.05) is 35.5 Å². The molecule has 124 valence electrons. The first-order chi connectivity index (χ1) is 11.5. The Kier molecular flexibility index (Phi) is 5.06. The summed E-state index contributed by atoms with van der Waals surface area (Å²) in [6.07, 6.45) is 0. The van der Waals surface area contributed by atoms with Crippen LogP contribution in [-0.2, 0) is 11.3 Å². The molecule has 3 rings (SSSR count). The average Bonchev–Trinajstić information content (AvgIpc) is 2.95. The maximum Gasteiger partial charge on any atom is 0.257 e. The van der Waals surface area contributed by atoms with Gasteiger partial charge in [-0.25, -0.2) is 9.37 Å². The highest BCUT2D eigenvalue weighted by Crippen LogP contribution is 2.28. The molecule has 0 fully saturated rings. The number of nitrogens with one attached hydrogen (secondary N) is 1. The van der Waals surface area contributed by atoms with E-state index in [1.165, 1.54) is 23.9 Å². The summed E-state index contributed by atoms with van der Waals surface area (Å²) < 4.78 is 18.4. The molecular weight excluding hydrogens is 351 g/mol. The van der Waals surface area contributed by atoms with Crippen LogP contribution in [0.1, 0.15) is 12.5 Å². The van der Waals surface area contributed by atoms with Crippen molar-refractivity contribution in [3.05, 3.63) is 58.9 Å². The third-order valence-corrected chi connectivity index (χ3v) is 4.54. The SMILES string of the molecule is C[C@@H](Sc1nc2ccc(Cl)cc2o1)C(=O)NCc1ccc(F)cc1. The van der Waals surface area contributed by atoms with Crippen molar-refractivity contribution < 1.29 is 13.6 Å². The second-order valence-corrected chi connectivity index (χ2v) is 6.92. The average molecular weight is 365 g/mol. The van der Waals surface area contributed by atoms with Crippen LogP contribution < -0.4 is 5.32 Å². The lowest BCUT2D eigenvalue weighted by atomic mass is 10.2. The molecule has 1 heterocycles. The van der Waals surface area contributed by atoms with Gasteiger partial charge in [-0.15, -0.1) is 0 Å². The van der Waals surface area contributed by atoms with Crippen molar-refractivity contribution in [3.63, 3.8) is 0 Å². The van der Waals surface area contributed by atoms with Crippen molar-refractivity contribution in [3.8, 4) is 0 Å². The Morgan fingerprint density at radius 3 is 2.83 bits per heavy atom. The van der Waals surface area contributed by atoms with Gasteiger partial charge in [-0.2, -0.15) is 0 Å². The number of fused-ring (bicyclic) bond motifs is 1. The van der Waals surface area contributed by atoms with E-state index in [1.54, 1.807) is 37.3 Å². The highest BCUT2D eigenvalue weighted by Gasteiger charge is 2.18. The maximum atomic E-state index is 12.9. The van der Waals surface area contributed by atoms with Crippen LogP contribution in [0.5, 0.6) is 0 Å². The van der Waals surface area contributed by atoms with Gasteiger partial charge in [0, 0.05) is 17.6 Å². The normalized spacial score (nSPS) is 12.3. The lowest BCUT2D eigenvalue weighted by molar-refractivity contribution is -0.120. The summed E-state index contributed by atoms with van der Waals surface area (Å²) in [5.74, 6) is -0.449. The molecule has 0 saturated carbocycles. The summed E-state index contributed by atoms with van der Waals surface area (Å²) in [7, 11) is 0. The zero-order valence-corrected chi connectivity index (χ0v) is 14.3. The number of hydrogen-bond acceptors (Lipinski definition) is 4. The minimum atomic E-state index is -0.381. The number of amides is 1. The fraction of sp³-hybridized carbons (Fsp3) is 0.176. The predicted octanol–water partition coefficient (Wildman–Crippen LogP) is 4.42. The Morgan fingerprint density at radius 1 is 1.33 bits per heavy atom. The summed E-state index contributed by atoms with van der Waals surface area (Å²) in [4.78, 5) is 16.5. The molecule has 4 nitrogen and oxygen atoms in total. The van der Waals surface area contributed by atoms with Gasteiger partial charge in [0.1, 0.15) is 11.3 Å². The number of hydrogen-bond donors (Lipinski definition) is 1. The Morgan fingerprint density at radius 2 is 2.08 bits per heavy atom. The maximum absolute atomic E-state index is 12.9. The first-order valence-electron chi connectivity index (χ1n) is 7.26. The number of benzene rings is 2. The predicted molar refractivity (Wildman–Crippen MR) is 92.6 cm³/mol. The molecule has 0 spiro atoms. The van der Waals surface area contributed by atoms with E-state index >= 15 is 0 Å². The van der Waals surface area contributed by atoms with Crippen LogP contribution in [0, 0.1) is 5.82 Å². The summed E-state index contributed by atoms with van der Waals surface area (Å²) >= 11 is 7.14. The van der Waals surface area contributed by atoms with E-state index in [0.29, 0.717) is 27.9 Å². The third kappa shape index (κ3) is 4.07. The van der Waals surface area contributed by atoms with Crippen LogP contribution in [0.3, 0.4) is 0 Å². The molecule has 0 aliphatic rings. The van der Waals surface area contributed by atoms with E-state index in [4.69, 9.17) is 16.0 Å². The molecule has 1 aromatic heterocycles. The summed E-state index contributed by atoms with van der Waals surface area (Å²) in [5, 5.41) is 3.41. The fourth-order valence-electron chi connectivity index (χ4n) is 2.07. The summed E-state index contributed by atoms with van der Waals surface area (Å²) in [6, 6.07) is 11.2. The topological polar surface area (TPSA) is 55.1 Å². The number of halogens is 2. The van der Waals surface area contributed by atoms with Crippen LogP contribution in [0.4, 0.5) is 4.39 Å². The van der Waals surface area contributed by atoms with E-state index in [2.05, 4.69) is 10.3 Å². The number of aromatic nitrogens is 1. The van der Waals surface area contributed by atoms with Gasteiger partial charge < -0.3 is 9.73 Å². The van der Waals surface area contributed by atoms with Gasteiger partial charge in [0.2, 0.25) is 5.91 Å². The number of oxazole rings is 1. The van der Waals surface area contributed by atoms with Crippen LogP contribution in [0.15, 0.2) is 52.1 Å². The quantitative estimate of drug-likeness (QED) is 0.681. The molecule has 0 aliphatic carbocycles. The molecule has 1 atom stereocenters. The summed E-state index contributed by atoms with van der Waals surface area (Å²) in [5.41, 5.74) is 2.11. The molecule has 0 bridgehead atoms. The smallest absolute Gasteiger partial charge is 0.257 e. The van der Waals surface area contributed by atoms with Gasteiger partial charge >= 0.3 is 0 Å². The molecule has 0 aliphatic heterocycles. The largest absolute Gasteiger partial charge is 0.431 e. The molecular formula is C17H14ClFN2O2S. The Bertz CT molecular complexity index is 867. The van der Waals surface area contributed by atoms with Gasteiger partial charge in [-0.05, 0) is 36.8 Å². The zero-order chi connectivity index (χ0) is 17.1. The fourth-order valence-corrected chi connectivity index (χ4v) is 3.01. The molecule has 7 heteroatoms. The Labute approximate surface area is 147 Å².